The SMILES string of the molecule is CCC[C@](C)(N)C(=O)c1nc2ccccc2o1.Cl. The lowest BCUT2D eigenvalue weighted by molar-refractivity contribution is 0.0859. The number of carbonyl (C=O) groups excluding carboxylic acids is 1. The van der Waals surface area contributed by atoms with Crippen molar-refractivity contribution in [2.24, 2.45) is 5.73 Å². The van der Waals surface area contributed by atoms with Crippen LogP contribution in [-0.2, 0) is 0 Å². The summed E-state index contributed by atoms with van der Waals surface area (Å²) in [5.74, 6) is -0.139. The molecule has 2 N–H and O–H groups in total. The number of fused-ring (bicyclic) bond motifs is 1. The number of halogens is 1. The Hall–Kier alpha value is -1.39. The second-order valence-electron chi connectivity index (χ2n) is 4.48. The molecule has 2 rings (SSSR count). The zero-order valence-electron chi connectivity index (χ0n) is 10.5. The molecule has 0 aliphatic carbocycles. The van der Waals surface area contributed by atoms with E-state index in [0.717, 1.165) is 6.42 Å². The van der Waals surface area contributed by atoms with Gasteiger partial charge in [-0.05, 0) is 25.5 Å². The van der Waals surface area contributed by atoms with Crippen LogP contribution in [0, 0.1) is 0 Å². The van der Waals surface area contributed by atoms with E-state index in [2.05, 4.69) is 4.98 Å². The maximum absolute atomic E-state index is 12.1. The average molecular weight is 269 g/mol. The third-order valence-electron chi connectivity index (χ3n) is 2.78. The van der Waals surface area contributed by atoms with Crippen LogP contribution in [0.2, 0.25) is 0 Å². The fraction of sp³-hybridized carbons (Fsp3) is 0.385. The third-order valence-corrected chi connectivity index (χ3v) is 2.78. The Balaban J connectivity index is 0.00000162. The molecule has 0 aliphatic heterocycles. The number of benzene rings is 1. The Morgan fingerprint density at radius 1 is 1.44 bits per heavy atom. The van der Waals surface area contributed by atoms with Crippen LogP contribution in [0.15, 0.2) is 28.7 Å². The van der Waals surface area contributed by atoms with Gasteiger partial charge in [-0.2, -0.15) is 0 Å². The van der Waals surface area contributed by atoms with E-state index in [1.54, 1.807) is 13.0 Å². The lowest BCUT2D eigenvalue weighted by Gasteiger charge is -2.19. The molecule has 0 spiro atoms. The third kappa shape index (κ3) is 2.71. The molecule has 4 nitrogen and oxygen atoms in total. The first kappa shape index (κ1) is 14.7. The number of oxazole rings is 1. The molecule has 1 aromatic carbocycles. The van der Waals surface area contributed by atoms with Crippen molar-refractivity contribution in [1.29, 1.82) is 0 Å². The van der Waals surface area contributed by atoms with E-state index in [1.165, 1.54) is 0 Å². The highest BCUT2D eigenvalue weighted by Gasteiger charge is 2.32. The summed E-state index contributed by atoms with van der Waals surface area (Å²) >= 11 is 0. The van der Waals surface area contributed by atoms with Crippen LogP contribution in [0.4, 0.5) is 0 Å². The Labute approximate surface area is 112 Å². The van der Waals surface area contributed by atoms with Crippen molar-refractivity contribution >= 4 is 29.3 Å². The Morgan fingerprint density at radius 2 is 2.11 bits per heavy atom. The summed E-state index contributed by atoms with van der Waals surface area (Å²) in [5, 5.41) is 0. The lowest BCUT2D eigenvalue weighted by Crippen LogP contribution is -2.44. The predicted octanol–water partition coefficient (Wildman–Crippen LogP) is 2.95. The molecule has 18 heavy (non-hydrogen) atoms. The number of carbonyl (C=O) groups is 1. The minimum Gasteiger partial charge on any atom is -0.434 e. The Morgan fingerprint density at radius 3 is 2.72 bits per heavy atom. The average Bonchev–Trinajstić information content (AvgIpc) is 2.71. The standard InChI is InChI=1S/C13H16N2O2.ClH/c1-3-8-13(2,14)11(16)12-15-9-6-4-5-7-10(9)17-12;/h4-7H,3,8,14H2,1-2H3;1H/t13-;/m0./s1. The van der Waals surface area contributed by atoms with E-state index in [-0.39, 0.29) is 24.1 Å². The molecule has 0 saturated heterocycles. The summed E-state index contributed by atoms with van der Waals surface area (Å²) in [5.41, 5.74) is 6.37. The number of hydrogen-bond donors (Lipinski definition) is 1. The molecule has 0 fully saturated rings. The van der Waals surface area contributed by atoms with E-state index in [4.69, 9.17) is 10.2 Å². The fourth-order valence-electron chi connectivity index (χ4n) is 1.85. The zero-order valence-corrected chi connectivity index (χ0v) is 11.3. The molecule has 0 radical (unpaired) electrons. The van der Waals surface area contributed by atoms with Crippen molar-refractivity contribution in [1.82, 2.24) is 4.98 Å². The van der Waals surface area contributed by atoms with Crippen LogP contribution in [-0.4, -0.2) is 16.3 Å². The van der Waals surface area contributed by atoms with Crippen molar-refractivity contribution < 1.29 is 9.21 Å². The molecule has 2 aromatic rings. The highest BCUT2D eigenvalue weighted by atomic mass is 35.5. The Kier molecular flexibility index (Phi) is 4.48. The molecular weight excluding hydrogens is 252 g/mol. The normalized spacial score (nSPS) is 13.9. The van der Waals surface area contributed by atoms with E-state index < -0.39 is 5.54 Å². The molecule has 98 valence electrons. The number of nitrogens with two attached hydrogens (primary N) is 1. The summed E-state index contributed by atoms with van der Waals surface area (Å²) < 4.78 is 5.42. The van der Waals surface area contributed by atoms with Gasteiger partial charge in [0.25, 0.3) is 5.89 Å². The topological polar surface area (TPSA) is 69.1 Å². The van der Waals surface area contributed by atoms with Crippen molar-refractivity contribution in [2.75, 3.05) is 0 Å². The van der Waals surface area contributed by atoms with Gasteiger partial charge in [-0.1, -0.05) is 25.5 Å². The summed E-state index contributed by atoms with van der Waals surface area (Å²) in [6.45, 7) is 3.71. The highest BCUT2D eigenvalue weighted by Crippen LogP contribution is 2.20. The van der Waals surface area contributed by atoms with Gasteiger partial charge in [0.2, 0.25) is 5.78 Å². The van der Waals surface area contributed by atoms with E-state index in [1.807, 2.05) is 25.1 Å². The number of rotatable bonds is 4. The van der Waals surface area contributed by atoms with Crippen molar-refractivity contribution in [3.8, 4) is 0 Å². The van der Waals surface area contributed by atoms with Crippen LogP contribution < -0.4 is 5.73 Å². The molecular formula is C13H17ClN2O2. The van der Waals surface area contributed by atoms with Gasteiger partial charge in [-0.3, -0.25) is 4.79 Å². The van der Waals surface area contributed by atoms with Gasteiger partial charge in [0.15, 0.2) is 5.58 Å². The lowest BCUT2D eigenvalue weighted by atomic mass is 9.92. The number of ketones is 1. The van der Waals surface area contributed by atoms with Crippen LogP contribution >= 0.6 is 12.4 Å². The fourth-order valence-corrected chi connectivity index (χ4v) is 1.85. The van der Waals surface area contributed by atoms with Crippen LogP contribution in [0.1, 0.15) is 37.4 Å². The monoisotopic (exact) mass is 268 g/mol. The summed E-state index contributed by atoms with van der Waals surface area (Å²) in [6.07, 6.45) is 1.46. The number of nitrogens with zero attached hydrogens (tertiary/aromatic N) is 1. The van der Waals surface area contributed by atoms with Crippen molar-refractivity contribution in [2.45, 2.75) is 32.2 Å². The molecule has 0 amide bonds. The van der Waals surface area contributed by atoms with E-state index >= 15 is 0 Å². The van der Waals surface area contributed by atoms with Gasteiger partial charge >= 0.3 is 0 Å². The van der Waals surface area contributed by atoms with Gasteiger partial charge in [-0.15, -0.1) is 12.4 Å². The molecule has 0 unspecified atom stereocenters. The largest absolute Gasteiger partial charge is 0.434 e. The van der Waals surface area contributed by atoms with Crippen molar-refractivity contribution in [3.05, 3.63) is 30.2 Å². The maximum Gasteiger partial charge on any atom is 0.266 e. The smallest absolute Gasteiger partial charge is 0.266 e. The van der Waals surface area contributed by atoms with Crippen LogP contribution in [0.5, 0.6) is 0 Å². The molecule has 0 saturated carbocycles. The van der Waals surface area contributed by atoms with Gasteiger partial charge < -0.3 is 10.2 Å². The van der Waals surface area contributed by atoms with E-state index in [0.29, 0.717) is 17.5 Å². The quantitative estimate of drug-likeness (QED) is 0.866. The first-order valence-electron chi connectivity index (χ1n) is 5.74. The van der Waals surface area contributed by atoms with E-state index in [9.17, 15) is 4.79 Å². The second kappa shape index (κ2) is 5.50. The Bertz CT molecular complexity index is 516. The zero-order chi connectivity index (χ0) is 12.5. The van der Waals surface area contributed by atoms with Gasteiger partial charge in [0, 0.05) is 0 Å². The van der Waals surface area contributed by atoms with Crippen LogP contribution in [0.25, 0.3) is 11.1 Å². The van der Waals surface area contributed by atoms with Gasteiger partial charge in [-0.25, -0.2) is 4.98 Å². The predicted molar refractivity (Wildman–Crippen MR) is 73.1 cm³/mol. The van der Waals surface area contributed by atoms with Crippen molar-refractivity contribution in [3.63, 3.8) is 0 Å². The van der Waals surface area contributed by atoms with Crippen LogP contribution in [0.3, 0.4) is 0 Å². The summed E-state index contributed by atoms with van der Waals surface area (Å²) in [4.78, 5) is 16.3. The first-order chi connectivity index (χ1) is 8.04. The minimum absolute atomic E-state index is 0. The molecule has 1 aromatic heterocycles. The summed E-state index contributed by atoms with van der Waals surface area (Å²) in [6, 6.07) is 7.29. The minimum atomic E-state index is -0.907. The highest BCUT2D eigenvalue weighted by molar-refractivity contribution is 6.00. The number of hydrogen-bond acceptors (Lipinski definition) is 4. The maximum atomic E-state index is 12.1. The molecule has 0 aliphatic rings. The first-order valence-corrected chi connectivity index (χ1v) is 5.74. The molecule has 1 atom stereocenters. The number of aromatic nitrogens is 1. The number of Topliss-reactive ketones (excluding diaryl/α,β-unsaturated/α-hetero) is 1. The molecule has 0 bridgehead atoms. The summed E-state index contributed by atoms with van der Waals surface area (Å²) in [7, 11) is 0. The molecule has 1 heterocycles. The molecule has 5 heteroatoms. The number of para-hydroxylation sites is 2. The second-order valence-corrected chi connectivity index (χ2v) is 4.48. The van der Waals surface area contributed by atoms with Gasteiger partial charge in [0.1, 0.15) is 5.52 Å². The van der Waals surface area contributed by atoms with Gasteiger partial charge in [0.05, 0.1) is 5.54 Å².